The van der Waals surface area contributed by atoms with Gasteiger partial charge in [0.15, 0.2) is 0 Å². The van der Waals surface area contributed by atoms with Gasteiger partial charge in [-0.2, -0.15) is 0 Å². The van der Waals surface area contributed by atoms with Crippen molar-refractivity contribution in [2.24, 2.45) is 11.3 Å². The molecule has 1 saturated carbocycles. The number of hydrogen-bond acceptors (Lipinski definition) is 8. The number of nitrogens with one attached hydrogen (secondary N) is 4. The quantitative estimate of drug-likeness (QED) is 0.333. The fraction of sp³-hybridized carbons (Fsp3) is 0.645. The number of likely N-dealkylation sites (N-methyl/N-ethyl adjacent to an activating group) is 1. The summed E-state index contributed by atoms with van der Waals surface area (Å²) in [5.74, 6) is 1.00. The average molecular weight is 582 g/mol. The second kappa shape index (κ2) is 13.7. The van der Waals surface area contributed by atoms with Crippen LogP contribution in [0.1, 0.15) is 72.6 Å². The monoisotopic (exact) mass is 581 g/mol. The highest BCUT2D eigenvalue weighted by Gasteiger charge is 2.42. The lowest BCUT2D eigenvalue weighted by Gasteiger charge is -2.36. The zero-order valence-electron chi connectivity index (χ0n) is 25.9. The van der Waals surface area contributed by atoms with Crippen LogP contribution in [0, 0.1) is 11.3 Å². The van der Waals surface area contributed by atoms with Gasteiger partial charge in [0.2, 0.25) is 17.7 Å². The zero-order valence-corrected chi connectivity index (χ0v) is 25.9. The highest BCUT2D eigenvalue weighted by molar-refractivity contribution is 6.02. The van der Waals surface area contributed by atoms with Crippen LogP contribution in [0.2, 0.25) is 0 Å². The lowest BCUT2D eigenvalue weighted by atomic mass is 9.85. The van der Waals surface area contributed by atoms with Crippen LogP contribution in [0.15, 0.2) is 18.5 Å². The maximum Gasteiger partial charge on any atom is 0.247 e. The van der Waals surface area contributed by atoms with Gasteiger partial charge in [0, 0.05) is 24.5 Å². The van der Waals surface area contributed by atoms with E-state index in [2.05, 4.69) is 31.2 Å². The van der Waals surface area contributed by atoms with Crippen LogP contribution in [-0.2, 0) is 14.4 Å². The predicted octanol–water partition coefficient (Wildman–Crippen LogP) is 3.70. The first-order valence-electron chi connectivity index (χ1n) is 15.2. The van der Waals surface area contributed by atoms with E-state index in [9.17, 15) is 14.4 Å². The number of rotatable bonds is 10. The zero-order chi connectivity index (χ0) is 30.4. The van der Waals surface area contributed by atoms with Gasteiger partial charge in [-0.05, 0) is 57.1 Å². The topological polar surface area (TPSA) is 138 Å². The number of aromatic nitrogens is 2. The molecule has 3 amide bonds. The number of likely N-dealkylation sites (tertiary alicyclic amines) is 1. The van der Waals surface area contributed by atoms with Gasteiger partial charge in [-0.15, -0.1) is 0 Å². The maximum absolute atomic E-state index is 13.8. The summed E-state index contributed by atoms with van der Waals surface area (Å²) in [5.41, 5.74) is 0.656. The molecule has 4 N–H and O–H groups in total. The Hall–Kier alpha value is -3.47. The molecule has 1 aliphatic heterocycles. The van der Waals surface area contributed by atoms with E-state index in [1.54, 1.807) is 32.0 Å². The number of nitrogens with zero attached hydrogens (tertiary/aromatic N) is 3. The van der Waals surface area contributed by atoms with Gasteiger partial charge >= 0.3 is 0 Å². The van der Waals surface area contributed by atoms with Crippen LogP contribution in [0.25, 0.3) is 10.9 Å². The molecule has 3 atom stereocenters. The van der Waals surface area contributed by atoms with Crippen molar-refractivity contribution in [2.75, 3.05) is 37.9 Å². The molecule has 11 nitrogen and oxygen atoms in total. The number of methoxy groups -OCH3 is 1. The minimum Gasteiger partial charge on any atom is -0.494 e. The van der Waals surface area contributed by atoms with E-state index in [4.69, 9.17) is 4.74 Å². The van der Waals surface area contributed by atoms with Gasteiger partial charge < -0.3 is 30.9 Å². The van der Waals surface area contributed by atoms with Crippen LogP contribution >= 0.6 is 0 Å². The molecule has 1 saturated heterocycles. The number of ether oxygens (including phenoxy) is 1. The van der Waals surface area contributed by atoms with E-state index in [1.165, 1.54) is 38.4 Å². The Morgan fingerprint density at radius 1 is 1.07 bits per heavy atom. The first kappa shape index (κ1) is 31.5. The first-order valence-corrected chi connectivity index (χ1v) is 15.2. The van der Waals surface area contributed by atoms with E-state index in [1.807, 2.05) is 26.8 Å². The molecule has 0 radical (unpaired) electrons. The van der Waals surface area contributed by atoms with E-state index >= 15 is 0 Å². The first-order chi connectivity index (χ1) is 20.0. The molecule has 2 aromatic rings. The van der Waals surface area contributed by atoms with Gasteiger partial charge in [-0.1, -0.05) is 40.0 Å². The van der Waals surface area contributed by atoms with Gasteiger partial charge in [-0.3, -0.25) is 14.4 Å². The predicted molar refractivity (Wildman–Crippen MR) is 164 cm³/mol. The minimum absolute atomic E-state index is 0.259. The van der Waals surface area contributed by atoms with Crippen molar-refractivity contribution in [1.29, 1.82) is 0 Å². The molecule has 2 fully saturated rings. The minimum atomic E-state index is -0.778. The van der Waals surface area contributed by atoms with Crippen molar-refractivity contribution in [1.82, 2.24) is 25.5 Å². The van der Waals surface area contributed by atoms with E-state index in [0.717, 1.165) is 17.7 Å². The Kier molecular flexibility index (Phi) is 10.2. The molecule has 2 aliphatic rings. The van der Waals surface area contributed by atoms with Crippen molar-refractivity contribution < 1.29 is 19.1 Å². The summed E-state index contributed by atoms with van der Waals surface area (Å²) in [6.45, 7) is 8.76. The molecule has 230 valence electrons. The normalized spacial score (nSPS) is 19.3. The van der Waals surface area contributed by atoms with Crippen molar-refractivity contribution in [3.05, 3.63) is 18.5 Å². The third-order valence-corrected chi connectivity index (χ3v) is 8.56. The molecule has 3 unspecified atom stereocenters. The van der Waals surface area contributed by atoms with Crippen LogP contribution in [0.5, 0.6) is 5.75 Å². The Balaban J connectivity index is 1.54. The van der Waals surface area contributed by atoms with E-state index in [-0.39, 0.29) is 17.7 Å². The third-order valence-electron chi connectivity index (χ3n) is 8.56. The smallest absolute Gasteiger partial charge is 0.247 e. The highest BCUT2D eigenvalue weighted by Crippen LogP contribution is 2.34. The number of benzene rings is 1. The Morgan fingerprint density at radius 3 is 2.48 bits per heavy atom. The molecule has 0 bridgehead atoms. The summed E-state index contributed by atoms with van der Waals surface area (Å²) in [7, 11) is 3.25. The van der Waals surface area contributed by atoms with Gasteiger partial charge in [0.1, 0.15) is 30.0 Å². The Morgan fingerprint density at radius 2 is 1.81 bits per heavy atom. The van der Waals surface area contributed by atoms with Crippen molar-refractivity contribution in [3.8, 4) is 5.75 Å². The summed E-state index contributed by atoms with van der Waals surface area (Å²) in [4.78, 5) is 50.7. The fourth-order valence-corrected chi connectivity index (χ4v) is 5.86. The SMILES string of the molecule is CNC(C)C(=O)NC(C(=O)N1CCCC1C(=O)Nc1cc2c(NCC3CCCCC3)ncnc2cc1OC)C(C)(C)C. The second-order valence-electron chi connectivity index (χ2n) is 12.7. The number of hydrogen-bond donors (Lipinski definition) is 4. The van der Waals surface area contributed by atoms with Crippen molar-refractivity contribution >= 4 is 40.1 Å². The molecule has 11 heteroatoms. The van der Waals surface area contributed by atoms with E-state index < -0.39 is 23.5 Å². The summed E-state index contributed by atoms with van der Waals surface area (Å²) in [5, 5.41) is 13.1. The lowest BCUT2D eigenvalue weighted by Crippen LogP contribution is -2.59. The molecule has 2 heterocycles. The summed E-state index contributed by atoms with van der Waals surface area (Å²) in [6, 6.07) is 1.74. The third kappa shape index (κ3) is 7.29. The molecular weight excluding hydrogens is 534 g/mol. The lowest BCUT2D eigenvalue weighted by molar-refractivity contribution is -0.143. The van der Waals surface area contributed by atoms with Crippen LogP contribution in [0.4, 0.5) is 11.5 Å². The Labute approximate surface area is 248 Å². The average Bonchev–Trinajstić information content (AvgIpc) is 3.48. The van der Waals surface area contributed by atoms with Crippen LogP contribution in [-0.4, -0.2) is 78.0 Å². The molecule has 0 spiro atoms. The number of carbonyl (C=O) groups excluding carboxylic acids is 3. The molecule has 4 rings (SSSR count). The Bertz CT molecular complexity index is 1270. The van der Waals surface area contributed by atoms with Crippen LogP contribution < -0.4 is 26.0 Å². The van der Waals surface area contributed by atoms with Crippen molar-refractivity contribution in [3.63, 3.8) is 0 Å². The number of carbonyl (C=O) groups is 3. The van der Waals surface area contributed by atoms with Crippen molar-refractivity contribution in [2.45, 2.75) is 90.8 Å². The van der Waals surface area contributed by atoms with Gasteiger partial charge in [-0.25, -0.2) is 9.97 Å². The second-order valence-corrected chi connectivity index (χ2v) is 12.7. The summed E-state index contributed by atoms with van der Waals surface area (Å²) < 4.78 is 5.62. The molecule has 42 heavy (non-hydrogen) atoms. The maximum atomic E-state index is 13.8. The molecule has 1 aliphatic carbocycles. The van der Waals surface area contributed by atoms with Crippen LogP contribution in [0.3, 0.4) is 0 Å². The van der Waals surface area contributed by atoms with Gasteiger partial charge in [0.25, 0.3) is 0 Å². The summed E-state index contributed by atoms with van der Waals surface area (Å²) >= 11 is 0. The molecule has 1 aromatic carbocycles. The highest BCUT2D eigenvalue weighted by atomic mass is 16.5. The number of amides is 3. The van der Waals surface area contributed by atoms with E-state index in [0.29, 0.717) is 42.3 Å². The summed E-state index contributed by atoms with van der Waals surface area (Å²) in [6.07, 6.45) is 9.04. The largest absolute Gasteiger partial charge is 0.494 e. The fourth-order valence-electron chi connectivity index (χ4n) is 5.86. The number of fused-ring (bicyclic) bond motifs is 1. The standard InChI is InChI=1S/C31H47N7O4/c1-19(32-5)28(39)37-26(31(2,3)4)30(41)38-14-10-13-24(38)29(40)36-23-15-21-22(16-25(23)42-6)34-18-35-27(21)33-17-20-11-8-7-9-12-20/h15-16,18-20,24,26,32H,7-14,17H2,1-6H3,(H,36,40)(H,37,39)(H,33,34,35). The molecule has 1 aromatic heterocycles. The molecular formula is C31H47N7O4. The number of anilines is 2. The van der Waals surface area contributed by atoms with Gasteiger partial charge in [0.05, 0.1) is 24.4 Å².